The van der Waals surface area contributed by atoms with Gasteiger partial charge < -0.3 is 10.6 Å². The van der Waals surface area contributed by atoms with Crippen LogP contribution in [0.3, 0.4) is 0 Å². The van der Waals surface area contributed by atoms with E-state index in [4.69, 9.17) is 10.6 Å². The lowest BCUT2D eigenvalue weighted by atomic mass is 10.00. The Labute approximate surface area is 205 Å². The molecule has 1 atom stereocenters. The Bertz CT molecular complexity index is 1310. The molecule has 36 heavy (non-hydrogen) atoms. The first kappa shape index (κ1) is 24.5. The third-order valence-corrected chi connectivity index (χ3v) is 5.36. The average molecular weight is 493 g/mol. The Kier molecular flexibility index (Phi) is 7.05. The largest absolute Gasteiger partial charge is 0.451 e. The van der Waals surface area contributed by atoms with Crippen molar-refractivity contribution in [2.75, 3.05) is 4.90 Å². The molecule has 0 saturated heterocycles. The minimum Gasteiger partial charge on any atom is -0.445 e. The smallest absolute Gasteiger partial charge is 0.445 e. The number of hydrazone groups is 1. The highest BCUT2D eigenvalue weighted by atomic mass is 19.4. The Hall–Kier alpha value is -4.60. The number of amidine groups is 1. The number of para-hydroxylation sites is 1. The summed E-state index contributed by atoms with van der Waals surface area (Å²) >= 11 is 0. The van der Waals surface area contributed by atoms with E-state index >= 15 is 0 Å². The summed E-state index contributed by atoms with van der Waals surface area (Å²) in [5.41, 5.74) is 1.98. The first-order valence-electron chi connectivity index (χ1n) is 10.8. The number of alkyl halides is 3. The predicted molar refractivity (Wildman–Crippen MR) is 131 cm³/mol. The van der Waals surface area contributed by atoms with Crippen LogP contribution >= 0.6 is 0 Å². The van der Waals surface area contributed by atoms with Gasteiger partial charge in [-0.15, -0.1) is 0 Å². The van der Waals surface area contributed by atoms with Gasteiger partial charge in [0.2, 0.25) is 5.84 Å². The third-order valence-electron chi connectivity index (χ3n) is 5.36. The molecule has 1 aliphatic rings. The Morgan fingerprint density at radius 2 is 1.64 bits per heavy atom. The second-order valence-corrected chi connectivity index (χ2v) is 7.75. The summed E-state index contributed by atoms with van der Waals surface area (Å²) in [7, 11) is 0. The quantitative estimate of drug-likeness (QED) is 0.233. The van der Waals surface area contributed by atoms with E-state index in [0.29, 0.717) is 16.8 Å². The van der Waals surface area contributed by atoms with Crippen molar-refractivity contribution >= 4 is 23.3 Å². The van der Waals surface area contributed by atoms with Crippen LogP contribution in [0.1, 0.15) is 16.7 Å². The number of amides is 1. The molecule has 4 rings (SSSR count). The molecular weight excluding hydrogens is 471 g/mol. The first-order valence-corrected chi connectivity index (χ1v) is 10.8. The third kappa shape index (κ3) is 5.22. The van der Waals surface area contributed by atoms with Crippen LogP contribution in [0.2, 0.25) is 0 Å². The molecule has 0 bridgehead atoms. The molecular formula is C26H22F3N5O2. The van der Waals surface area contributed by atoms with Gasteiger partial charge in [0.25, 0.3) is 0 Å². The van der Waals surface area contributed by atoms with Gasteiger partial charge in [0.05, 0.1) is 17.1 Å². The summed E-state index contributed by atoms with van der Waals surface area (Å²) in [5.74, 6) is 3.79. The number of rotatable bonds is 4. The number of halogens is 3. The fourth-order valence-electron chi connectivity index (χ4n) is 3.74. The van der Waals surface area contributed by atoms with Crippen molar-refractivity contribution in [1.82, 2.24) is 5.32 Å². The molecule has 7 nitrogen and oxygen atoms in total. The predicted octanol–water partition coefficient (Wildman–Crippen LogP) is 4.94. The molecule has 0 radical (unpaired) electrons. The summed E-state index contributed by atoms with van der Waals surface area (Å²) in [4.78, 5) is 18.0. The highest BCUT2D eigenvalue weighted by molar-refractivity contribution is 6.19. The van der Waals surface area contributed by atoms with Crippen LogP contribution in [0.15, 0.2) is 107 Å². The second-order valence-electron chi connectivity index (χ2n) is 7.75. The molecule has 10 heteroatoms. The molecule has 0 spiro atoms. The zero-order valence-electron chi connectivity index (χ0n) is 18.9. The van der Waals surface area contributed by atoms with Crippen molar-refractivity contribution < 1.29 is 22.7 Å². The number of fused-ring (bicyclic) bond motifs is 1. The van der Waals surface area contributed by atoms with E-state index in [-0.39, 0.29) is 18.0 Å². The number of benzodiazepines with no additional fused rings is 1. The average Bonchev–Trinajstić information content (AvgIpc) is 2.99. The number of anilines is 1. The van der Waals surface area contributed by atoms with E-state index in [0.717, 1.165) is 10.5 Å². The van der Waals surface area contributed by atoms with Crippen molar-refractivity contribution in [2.45, 2.75) is 18.9 Å². The lowest BCUT2D eigenvalue weighted by Crippen LogP contribution is -2.47. The number of hydrogen-bond acceptors (Lipinski definition) is 5. The molecule has 0 saturated carbocycles. The number of hydrogen-bond donors (Lipinski definition) is 2. The van der Waals surface area contributed by atoms with E-state index in [2.05, 4.69) is 22.0 Å². The number of aliphatic imine (C=N–C) groups is 1. The highest BCUT2D eigenvalue weighted by Gasteiger charge is 2.44. The number of nitrogens with zero attached hydrogens (tertiary/aromatic N) is 3. The first-order chi connectivity index (χ1) is 17.3. The normalized spacial score (nSPS) is 16.0. The van der Waals surface area contributed by atoms with Gasteiger partial charge in [0, 0.05) is 11.1 Å². The van der Waals surface area contributed by atoms with E-state index < -0.39 is 24.3 Å². The molecule has 184 valence electrons. The van der Waals surface area contributed by atoms with Crippen molar-refractivity contribution in [3.05, 3.63) is 114 Å². The summed E-state index contributed by atoms with van der Waals surface area (Å²) < 4.78 is 47.2. The molecule has 1 unspecified atom stereocenters. The van der Waals surface area contributed by atoms with Crippen molar-refractivity contribution in [2.24, 2.45) is 15.9 Å². The fraction of sp³-hybridized carbons (Fsp3) is 0.115. The number of nitrogens with two attached hydrogens (primary N) is 1. The lowest BCUT2D eigenvalue weighted by molar-refractivity contribution is -0.0601. The Morgan fingerprint density at radius 1 is 1.03 bits per heavy atom. The standard InChI is InChI=1S/C26H22F3N5O2/c1-17-23(32-25(35)36-16-18-10-4-2-5-11-18)31-22(19-12-6-3-7-13-19)20-14-8-9-15-21(20)34(17)24(33-30)26(27,28)29/h2-15,23H,1,16,30H2,(H,32,35)/b33-24-. The number of carbonyl (C=O) groups is 1. The van der Waals surface area contributed by atoms with Crippen LogP contribution in [0.25, 0.3) is 0 Å². The van der Waals surface area contributed by atoms with Gasteiger partial charge in [0.15, 0.2) is 6.17 Å². The summed E-state index contributed by atoms with van der Waals surface area (Å²) in [6.45, 7) is 3.79. The molecule has 1 aliphatic heterocycles. The number of carbonyl (C=O) groups excluding carboxylic acids is 1. The molecule has 3 aromatic carbocycles. The molecule has 3 N–H and O–H groups in total. The monoisotopic (exact) mass is 493 g/mol. The van der Waals surface area contributed by atoms with Gasteiger partial charge in [-0.3, -0.25) is 15.2 Å². The molecule has 3 aromatic rings. The number of benzene rings is 3. The van der Waals surface area contributed by atoms with Crippen LogP contribution in [-0.4, -0.2) is 30.0 Å². The minimum atomic E-state index is -4.92. The molecule has 0 aromatic heterocycles. The number of alkyl carbamates (subject to hydrolysis) is 1. The highest BCUT2D eigenvalue weighted by Crippen LogP contribution is 2.35. The maximum Gasteiger partial charge on any atom is 0.451 e. The minimum absolute atomic E-state index is 0.0386. The maximum atomic E-state index is 14.0. The molecule has 1 amide bonds. The van der Waals surface area contributed by atoms with E-state index in [9.17, 15) is 18.0 Å². The SMILES string of the molecule is C=C1C(NC(=O)OCc2ccccc2)N=C(c2ccccc2)c2ccccc2N1/C(=N\N)C(F)(F)F. The van der Waals surface area contributed by atoms with Gasteiger partial charge in [-0.1, -0.05) is 85.4 Å². The van der Waals surface area contributed by atoms with Crippen LogP contribution in [0, 0.1) is 0 Å². The van der Waals surface area contributed by atoms with Crippen LogP contribution in [0.4, 0.5) is 23.7 Å². The van der Waals surface area contributed by atoms with E-state index in [1.54, 1.807) is 72.8 Å². The maximum absolute atomic E-state index is 14.0. The van der Waals surface area contributed by atoms with Crippen molar-refractivity contribution in [3.8, 4) is 0 Å². The van der Waals surface area contributed by atoms with E-state index in [1.807, 2.05) is 6.07 Å². The van der Waals surface area contributed by atoms with Gasteiger partial charge >= 0.3 is 12.3 Å². The molecule has 0 aliphatic carbocycles. The molecule has 0 fully saturated rings. The van der Waals surface area contributed by atoms with Gasteiger partial charge in [-0.25, -0.2) is 4.79 Å². The van der Waals surface area contributed by atoms with Gasteiger partial charge in [-0.05, 0) is 11.6 Å². The number of ether oxygens (including phenoxy) is 1. The summed E-state index contributed by atoms with van der Waals surface area (Å²) in [5, 5.41) is 5.54. The van der Waals surface area contributed by atoms with Gasteiger partial charge in [0.1, 0.15) is 6.61 Å². The molecule has 1 heterocycles. The fourth-order valence-corrected chi connectivity index (χ4v) is 3.74. The van der Waals surface area contributed by atoms with Crippen LogP contribution in [-0.2, 0) is 11.3 Å². The Morgan fingerprint density at radius 3 is 2.28 bits per heavy atom. The van der Waals surface area contributed by atoms with E-state index in [1.165, 1.54) is 6.07 Å². The van der Waals surface area contributed by atoms with Crippen molar-refractivity contribution in [1.29, 1.82) is 0 Å². The van der Waals surface area contributed by atoms with Crippen LogP contribution in [0.5, 0.6) is 0 Å². The second kappa shape index (κ2) is 10.3. The topological polar surface area (TPSA) is 92.3 Å². The Balaban J connectivity index is 1.77. The summed E-state index contributed by atoms with van der Waals surface area (Å²) in [6, 6.07) is 24.2. The van der Waals surface area contributed by atoms with Gasteiger partial charge in [-0.2, -0.15) is 18.3 Å². The van der Waals surface area contributed by atoms with Crippen molar-refractivity contribution in [3.63, 3.8) is 0 Å². The number of nitrogens with one attached hydrogen (secondary N) is 1. The zero-order valence-corrected chi connectivity index (χ0v) is 18.9. The zero-order chi connectivity index (χ0) is 25.7. The lowest BCUT2D eigenvalue weighted by Gasteiger charge is -2.30. The summed E-state index contributed by atoms with van der Waals surface area (Å²) in [6.07, 6.45) is -7.12. The van der Waals surface area contributed by atoms with Crippen LogP contribution < -0.4 is 16.1 Å².